The summed E-state index contributed by atoms with van der Waals surface area (Å²) >= 11 is 14.7. The van der Waals surface area contributed by atoms with E-state index in [0.29, 0.717) is 14.5 Å². The quantitative estimate of drug-likeness (QED) is 0.482. The third-order valence-corrected chi connectivity index (χ3v) is 9.76. The van der Waals surface area contributed by atoms with Crippen molar-refractivity contribution >= 4 is 82.7 Å². The molecule has 0 atom stereocenters. The molecule has 2 rings (SSSR count). The molecule has 1 heterocycles. The first-order chi connectivity index (χ1) is 5.61. The van der Waals surface area contributed by atoms with Crippen molar-refractivity contribution in [3.8, 4) is 0 Å². The first-order valence-corrected chi connectivity index (χ1v) is 8.01. The Morgan fingerprint density at radius 2 is 1.75 bits per heavy atom. The monoisotopic (exact) mass is 482 g/mol. The first kappa shape index (κ1) is 10.2. The van der Waals surface area contributed by atoms with E-state index >= 15 is 0 Å². The summed E-state index contributed by atoms with van der Waals surface area (Å²) in [5.74, 6) is 0. The summed E-state index contributed by atoms with van der Waals surface area (Å²) in [7, 11) is 0. The molecule has 0 fully saturated rings. The number of allylic oxidation sites excluding steroid dienone is 1. The van der Waals surface area contributed by atoms with Gasteiger partial charge in [-0.15, -0.1) is 0 Å². The van der Waals surface area contributed by atoms with Crippen molar-refractivity contribution < 1.29 is 0 Å². The fraction of sp³-hybridized carbons (Fsp3) is 0.143. The van der Waals surface area contributed by atoms with Crippen LogP contribution in [0.2, 0.25) is 0 Å². The number of hydrogen-bond donors (Lipinski definition) is 0. The van der Waals surface area contributed by atoms with Gasteiger partial charge < -0.3 is 0 Å². The van der Waals surface area contributed by atoms with E-state index in [2.05, 4.69) is 63.7 Å². The molecule has 0 spiro atoms. The van der Waals surface area contributed by atoms with Crippen LogP contribution in [-0.2, 0) is 6.42 Å². The molecule has 0 nitrogen and oxygen atoms in total. The van der Waals surface area contributed by atoms with Crippen LogP contribution in [0.15, 0.2) is 12.3 Å². The van der Waals surface area contributed by atoms with Crippen LogP contribution < -0.4 is 0 Å². The zero-order valence-electron chi connectivity index (χ0n) is 5.63. The summed E-state index contributed by atoms with van der Waals surface area (Å²) in [5, 5.41) is 0. The Labute approximate surface area is 110 Å². The van der Waals surface area contributed by atoms with E-state index in [9.17, 15) is 0 Å². The van der Waals surface area contributed by atoms with Crippen molar-refractivity contribution in [1.82, 2.24) is 0 Å². The van der Waals surface area contributed by atoms with Crippen LogP contribution in [0.25, 0.3) is 4.48 Å². The Morgan fingerprint density at radius 3 is 2.33 bits per heavy atom. The second-order valence-corrected chi connectivity index (χ2v) is 9.05. The molecule has 1 aromatic rings. The molecular weight excluding hydrogens is 483 g/mol. The first-order valence-electron chi connectivity index (χ1n) is 3.12. The summed E-state index contributed by atoms with van der Waals surface area (Å²) < 4.78 is 6.56. The molecule has 0 saturated heterocycles. The molecule has 0 unspecified atom stereocenters. The van der Waals surface area contributed by atoms with Crippen LogP contribution in [0.4, 0.5) is 0 Å². The van der Waals surface area contributed by atoms with Crippen molar-refractivity contribution in [1.29, 1.82) is 0 Å². The van der Waals surface area contributed by atoms with Gasteiger partial charge in [-0.3, -0.25) is 0 Å². The zero-order chi connectivity index (χ0) is 8.88. The summed E-state index contributed by atoms with van der Waals surface area (Å²) in [5.41, 5.74) is 1.43. The van der Waals surface area contributed by atoms with E-state index in [4.69, 9.17) is 0 Å². The molecule has 0 aromatic carbocycles. The zero-order valence-corrected chi connectivity index (χ0v) is 13.7. The van der Waals surface area contributed by atoms with Crippen LogP contribution in [0.1, 0.15) is 10.0 Å². The topological polar surface area (TPSA) is 0 Å². The molecule has 0 amide bonds. The molecule has 0 bridgehead atoms. The minimum absolute atomic E-state index is 0.447. The van der Waals surface area contributed by atoms with Crippen molar-refractivity contribution in [2.45, 2.75) is 6.42 Å². The summed E-state index contributed by atoms with van der Waals surface area (Å²) in [6, 6.07) is 0. The maximum absolute atomic E-state index is 3.59. The Morgan fingerprint density at radius 1 is 1.08 bits per heavy atom. The fourth-order valence-electron chi connectivity index (χ4n) is 1.11. The van der Waals surface area contributed by atoms with Gasteiger partial charge in [0.15, 0.2) is 0 Å². The molecule has 0 N–H and O–H groups in total. The van der Waals surface area contributed by atoms with Crippen molar-refractivity contribution in [3.63, 3.8) is 0 Å². The second-order valence-electron chi connectivity index (χ2n) is 2.39. The van der Waals surface area contributed by atoms with Gasteiger partial charge in [-0.1, -0.05) is 0 Å². The Balaban J connectivity index is 2.64. The summed E-state index contributed by atoms with van der Waals surface area (Å²) in [6.45, 7) is 0. The number of rotatable bonds is 0. The van der Waals surface area contributed by atoms with Gasteiger partial charge in [-0.25, -0.2) is 0 Å². The normalized spacial score (nSPS) is 15.7. The minimum atomic E-state index is 0.447. The van der Waals surface area contributed by atoms with E-state index in [-0.39, 0.29) is 0 Å². The fourth-order valence-corrected chi connectivity index (χ4v) is 6.71. The van der Waals surface area contributed by atoms with Gasteiger partial charge in [-0.05, 0) is 0 Å². The average molecular weight is 485 g/mol. The van der Waals surface area contributed by atoms with Crippen molar-refractivity contribution in [2.75, 3.05) is 0 Å². The van der Waals surface area contributed by atoms with Gasteiger partial charge in [0.05, 0.1) is 0 Å². The molecule has 1 aromatic heterocycles. The van der Waals surface area contributed by atoms with Crippen LogP contribution in [-0.4, -0.2) is 14.5 Å². The van der Waals surface area contributed by atoms with Gasteiger partial charge in [-0.2, -0.15) is 0 Å². The predicted molar refractivity (Wildman–Crippen MR) is 67.3 cm³/mol. The third-order valence-electron chi connectivity index (χ3n) is 1.67. The summed E-state index contributed by atoms with van der Waals surface area (Å²) in [6.07, 6.45) is 1.02. The molecule has 64 valence electrons. The molecular formula is C7H2Br4Se. The van der Waals surface area contributed by atoms with E-state index < -0.39 is 0 Å². The van der Waals surface area contributed by atoms with Gasteiger partial charge in [0.25, 0.3) is 0 Å². The second kappa shape index (κ2) is 3.67. The van der Waals surface area contributed by atoms with Gasteiger partial charge in [0.1, 0.15) is 0 Å². The average Bonchev–Trinajstić information content (AvgIpc) is 2.43. The number of hydrogen-bond acceptors (Lipinski definition) is 0. The predicted octanol–water partition coefficient (Wildman–Crippen LogP) is 4.28. The van der Waals surface area contributed by atoms with Crippen molar-refractivity contribution in [2.24, 2.45) is 0 Å². The van der Waals surface area contributed by atoms with Gasteiger partial charge >= 0.3 is 111 Å². The SMILES string of the molecule is BrC1=C(Br)c2[se]c(Br)c(Br)c2C1. The van der Waals surface area contributed by atoms with Gasteiger partial charge in [0.2, 0.25) is 0 Å². The van der Waals surface area contributed by atoms with E-state index in [1.165, 1.54) is 26.8 Å². The summed E-state index contributed by atoms with van der Waals surface area (Å²) in [4.78, 5) is 0. The van der Waals surface area contributed by atoms with E-state index in [0.717, 1.165) is 6.42 Å². The molecule has 1 aliphatic rings. The molecule has 5 heteroatoms. The van der Waals surface area contributed by atoms with Crippen molar-refractivity contribution in [3.05, 3.63) is 22.3 Å². The number of halogens is 4. The number of fused-ring (bicyclic) bond motifs is 1. The molecule has 12 heavy (non-hydrogen) atoms. The standard InChI is InChI=1S/C7H2Br4Se/c8-3-1-2-4(9)7(11)12-6(2)5(3)10/h1H2. The Kier molecular flexibility index (Phi) is 3.11. The van der Waals surface area contributed by atoms with E-state index in [1.807, 2.05) is 0 Å². The van der Waals surface area contributed by atoms with Crippen LogP contribution in [0, 0.1) is 0 Å². The Hall–Kier alpha value is 1.66. The van der Waals surface area contributed by atoms with Crippen LogP contribution in [0.3, 0.4) is 0 Å². The van der Waals surface area contributed by atoms with E-state index in [1.54, 1.807) is 0 Å². The maximum atomic E-state index is 3.59. The van der Waals surface area contributed by atoms with Gasteiger partial charge in [0, 0.05) is 0 Å². The third kappa shape index (κ3) is 1.51. The van der Waals surface area contributed by atoms with Crippen LogP contribution >= 0.6 is 63.7 Å². The van der Waals surface area contributed by atoms with Crippen LogP contribution in [0.5, 0.6) is 0 Å². The molecule has 0 radical (unpaired) electrons. The molecule has 0 saturated carbocycles. The Bertz CT molecular complexity index is 377. The molecule has 1 aliphatic carbocycles. The molecule has 0 aliphatic heterocycles.